The molecule has 0 aliphatic heterocycles. The Morgan fingerprint density at radius 3 is 2.17 bits per heavy atom. The van der Waals surface area contributed by atoms with Gasteiger partial charge in [0, 0.05) is 36.9 Å². The number of hydrogen-bond acceptors (Lipinski definition) is 3. The number of anilines is 2. The number of amides is 3. The molecule has 0 unspecified atom stereocenters. The van der Waals surface area contributed by atoms with Crippen molar-refractivity contribution in [2.75, 3.05) is 17.2 Å². The van der Waals surface area contributed by atoms with Crippen LogP contribution in [0.25, 0.3) is 0 Å². The number of nitrogens with zero attached hydrogens (tertiary/aromatic N) is 2. The maximum absolute atomic E-state index is 12.3. The van der Waals surface area contributed by atoms with Gasteiger partial charge in [0.25, 0.3) is 0 Å². The summed E-state index contributed by atoms with van der Waals surface area (Å²) in [6, 6.07) is 14.8. The van der Waals surface area contributed by atoms with Crippen LogP contribution < -0.4 is 16.0 Å². The normalized spacial score (nSPS) is 10.5. The highest BCUT2D eigenvalue weighted by atomic mass is 16.2. The largest absolute Gasteiger partial charge is 0.338 e. The van der Waals surface area contributed by atoms with Gasteiger partial charge in [0.1, 0.15) is 5.82 Å². The molecule has 1 aromatic heterocycles. The van der Waals surface area contributed by atoms with Gasteiger partial charge in [-0.25, -0.2) is 9.78 Å². The Labute approximate surface area is 176 Å². The zero-order chi connectivity index (χ0) is 21.3. The maximum Gasteiger partial charge on any atom is 0.319 e. The third-order valence-corrected chi connectivity index (χ3v) is 4.63. The van der Waals surface area contributed by atoms with Crippen LogP contribution in [0.15, 0.2) is 60.9 Å². The molecule has 30 heavy (non-hydrogen) atoms. The van der Waals surface area contributed by atoms with E-state index in [1.54, 1.807) is 18.3 Å². The van der Waals surface area contributed by atoms with Crippen molar-refractivity contribution in [3.63, 3.8) is 0 Å². The van der Waals surface area contributed by atoms with E-state index in [0.717, 1.165) is 35.6 Å². The maximum atomic E-state index is 12.3. The van der Waals surface area contributed by atoms with Gasteiger partial charge in [-0.3, -0.25) is 4.79 Å². The van der Waals surface area contributed by atoms with Crippen LogP contribution in [-0.2, 0) is 17.8 Å². The number of nitrogens with one attached hydrogen (secondary N) is 3. The van der Waals surface area contributed by atoms with Crippen LogP contribution in [0.1, 0.15) is 30.3 Å². The molecule has 3 rings (SSSR count). The van der Waals surface area contributed by atoms with Gasteiger partial charge in [0.2, 0.25) is 5.91 Å². The van der Waals surface area contributed by atoms with Crippen molar-refractivity contribution in [2.45, 2.75) is 33.2 Å². The second-order valence-electron chi connectivity index (χ2n) is 7.10. The van der Waals surface area contributed by atoms with E-state index in [4.69, 9.17) is 0 Å². The minimum atomic E-state index is -0.228. The van der Waals surface area contributed by atoms with E-state index in [9.17, 15) is 9.59 Å². The summed E-state index contributed by atoms with van der Waals surface area (Å²) in [4.78, 5) is 28.2. The zero-order valence-electron chi connectivity index (χ0n) is 17.3. The number of aryl methyl sites for hydroxylation is 1. The van der Waals surface area contributed by atoms with Gasteiger partial charge in [0.05, 0.1) is 6.42 Å². The average molecular weight is 406 g/mol. The molecule has 0 saturated heterocycles. The van der Waals surface area contributed by atoms with E-state index in [1.807, 2.05) is 56.4 Å². The first-order chi connectivity index (χ1) is 14.5. The lowest BCUT2D eigenvalue weighted by Crippen LogP contribution is -2.29. The van der Waals surface area contributed by atoms with Crippen molar-refractivity contribution in [3.8, 4) is 0 Å². The van der Waals surface area contributed by atoms with Gasteiger partial charge in [0.15, 0.2) is 0 Å². The number of aromatic nitrogens is 2. The van der Waals surface area contributed by atoms with Crippen molar-refractivity contribution in [3.05, 3.63) is 77.9 Å². The highest BCUT2D eigenvalue weighted by Crippen LogP contribution is 2.14. The summed E-state index contributed by atoms with van der Waals surface area (Å²) in [6.45, 7) is 5.35. The number of carbonyl (C=O) groups is 2. The molecule has 3 amide bonds. The van der Waals surface area contributed by atoms with E-state index in [1.165, 1.54) is 0 Å². The fourth-order valence-corrected chi connectivity index (χ4v) is 2.97. The lowest BCUT2D eigenvalue weighted by molar-refractivity contribution is -0.115. The summed E-state index contributed by atoms with van der Waals surface area (Å²) in [5, 5.41) is 8.44. The summed E-state index contributed by atoms with van der Waals surface area (Å²) in [7, 11) is 0. The van der Waals surface area contributed by atoms with Crippen molar-refractivity contribution in [1.29, 1.82) is 0 Å². The van der Waals surface area contributed by atoms with Crippen molar-refractivity contribution >= 4 is 23.3 Å². The Morgan fingerprint density at radius 1 is 0.933 bits per heavy atom. The summed E-state index contributed by atoms with van der Waals surface area (Å²) in [6.07, 6.45) is 4.88. The Bertz CT molecular complexity index is 978. The van der Waals surface area contributed by atoms with Crippen LogP contribution in [0.5, 0.6) is 0 Å². The highest BCUT2D eigenvalue weighted by Gasteiger charge is 2.06. The number of benzene rings is 2. The van der Waals surface area contributed by atoms with Gasteiger partial charge < -0.3 is 20.5 Å². The van der Waals surface area contributed by atoms with Gasteiger partial charge in [-0.05, 0) is 48.7 Å². The Kier molecular flexibility index (Phi) is 7.21. The minimum absolute atomic E-state index is 0.0883. The molecule has 0 fully saturated rings. The summed E-state index contributed by atoms with van der Waals surface area (Å²) >= 11 is 0. The molecule has 0 radical (unpaired) electrons. The van der Waals surface area contributed by atoms with E-state index >= 15 is 0 Å². The molecule has 7 nitrogen and oxygen atoms in total. The van der Waals surface area contributed by atoms with Crippen LogP contribution in [-0.4, -0.2) is 28.0 Å². The number of carbonyl (C=O) groups excluding carboxylic acids is 2. The summed E-state index contributed by atoms with van der Waals surface area (Å²) in [5.41, 5.74) is 3.47. The second-order valence-corrected chi connectivity index (χ2v) is 7.10. The topological polar surface area (TPSA) is 88.0 Å². The number of imidazole rings is 1. The lowest BCUT2D eigenvalue weighted by atomic mass is 10.1. The van der Waals surface area contributed by atoms with Crippen molar-refractivity contribution in [1.82, 2.24) is 14.9 Å². The third-order valence-electron chi connectivity index (χ3n) is 4.63. The first-order valence-corrected chi connectivity index (χ1v) is 10.0. The average Bonchev–Trinajstić information content (AvgIpc) is 3.14. The number of hydrogen-bond donors (Lipinski definition) is 3. The molecular formula is C23H27N5O2. The molecule has 0 spiro atoms. The third kappa shape index (κ3) is 6.20. The Hall–Kier alpha value is -3.61. The molecule has 7 heteroatoms. The predicted molar refractivity (Wildman–Crippen MR) is 119 cm³/mol. The number of urea groups is 1. The number of rotatable bonds is 8. The molecule has 1 heterocycles. The van der Waals surface area contributed by atoms with Crippen LogP contribution in [0.4, 0.5) is 16.2 Å². The first-order valence-electron chi connectivity index (χ1n) is 10.0. The Balaban J connectivity index is 1.49. The SMILES string of the molecule is CCCNC(=O)Nc1ccc(CC(=O)Nc2ccc(Cn3ccnc3C)cc2)cc1. The van der Waals surface area contributed by atoms with E-state index in [0.29, 0.717) is 12.2 Å². The smallest absolute Gasteiger partial charge is 0.319 e. The van der Waals surface area contributed by atoms with Crippen molar-refractivity contribution < 1.29 is 9.59 Å². The standard InChI is InChI=1S/C23H27N5O2/c1-3-12-25-23(30)27-21-8-4-18(5-9-21)15-22(29)26-20-10-6-19(7-11-20)16-28-14-13-24-17(28)2/h4-11,13-14H,3,12,15-16H2,1-2H3,(H,26,29)(H2,25,27,30). The van der Waals surface area contributed by atoms with E-state index in [2.05, 4.69) is 25.5 Å². The molecule has 2 aromatic carbocycles. The van der Waals surface area contributed by atoms with Crippen LogP contribution in [0, 0.1) is 6.92 Å². The van der Waals surface area contributed by atoms with E-state index in [-0.39, 0.29) is 18.4 Å². The minimum Gasteiger partial charge on any atom is -0.338 e. The molecule has 0 aliphatic rings. The quantitative estimate of drug-likeness (QED) is 0.530. The second kappa shape index (κ2) is 10.2. The van der Waals surface area contributed by atoms with Gasteiger partial charge in [-0.1, -0.05) is 31.2 Å². The van der Waals surface area contributed by atoms with Crippen LogP contribution in [0.3, 0.4) is 0 Å². The van der Waals surface area contributed by atoms with Crippen LogP contribution >= 0.6 is 0 Å². The fourth-order valence-electron chi connectivity index (χ4n) is 2.97. The molecule has 0 atom stereocenters. The van der Waals surface area contributed by atoms with Crippen LogP contribution in [0.2, 0.25) is 0 Å². The molecule has 0 aliphatic carbocycles. The van der Waals surface area contributed by atoms with Gasteiger partial charge >= 0.3 is 6.03 Å². The highest BCUT2D eigenvalue weighted by molar-refractivity contribution is 5.92. The summed E-state index contributed by atoms with van der Waals surface area (Å²) in [5.74, 6) is 0.879. The zero-order valence-corrected chi connectivity index (χ0v) is 17.3. The predicted octanol–water partition coefficient (Wildman–Crippen LogP) is 3.95. The molecule has 3 aromatic rings. The molecule has 0 bridgehead atoms. The Morgan fingerprint density at radius 2 is 1.57 bits per heavy atom. The lowest BCUT2D eigenvalue weighted by Gasteiger charge is -2.09. The van der Waals surface area contributed by atoms with Gasteiger partial charge in [-0.2, -0.15) is 0 Å². The summed E-state index contributed by atoms with van der Waals surface area (Å²) < 4.78 is 2.07. The molecular weight excluding hydrogens is 378 g/mol. The molecule has 0 saturated carbocycles. The molecule has 3 N–H and O–H groups in total. The monoisotopic (exact) mass is 405 g/mol. The molecule has 156 valence electrons. The first kappa shape index (κ1) is 21.1. The van der Waals surface area contributed by atoms with E-state index < -0.39 is 0 Å². The van der Waals surface area contributed by atoms with Crippen molar-refractivity contribution in [2.24, 2.45) is 0 Å². The van der Waals surface area contributed by atoms with Gasteiger partial charge in [-0.15, -0.1) is 0 Å². The fraction of sp³-hybridized carbons (Fsp3) is 0.261.